The van der Waals surface area contributed by atoms with E-state index in [1.807, 2.05) is 6.92 Å². The maximum Gasteiger partial charge on any atom is 0.326 e. The van der Waals surface area contributed by atoms with E-state index in [-0.39, 0.29) is 17.4 Å². The second-order valence-electron chi connectivity index (χ2n) is 6.45. The Bertz CT molecular complexity index is 938. The van der Waals surface area contributed by atoms with Gasteiger partial charge in [-0.1, -0.05) is 31.9 Å². The van der Waals surface area contributed by atoms with Gasteiger partial charge in [0.15, 0.2) is 9.84 Å². The topological polar surface area (TPSA) is 98.8 Å². The third kappa shape index (κ3) is 7.23. The first kappa shape index (κ1) is 22.4. The number of benzene rings is 2. The Kier molecular flexibility index (Phi) is 8.21. The van der Waals surface area contributed by atoms with Crippen molar-refractivity contribution < 1.29 is 27.5 Å². The molecule has 2 rings (SSSR count). The smallest absolute Gasteiger partial charge is 0.326 e. The van der Waals surface area contributed by atoms with Crippen LogP contribution in [-0.4, -0.2) is 38.9 Å². The highest BCUT2D eigenvalue weighted by atomic mass is 32.2. The number of esters is 1. The Balaban J connectivity index is 1.93. The number of sulfone groups is 1. The normalized spacial score (nSPS) is 11.0. The number of hydrogen-bond donors (Lipinski definition) is 1. The average Bonchev–Trinajstić information content (AvgIpc) is 2.69. The SMILES string of the molecule is CCCCCS(=O)(=O)CC(=O)Oc1ccc(NC(=O)c2ccccc2OC)cc1. The van der Waals surface area contributed by atoms with Crippen molar-refractivity contribution >= 4 is 27.4 Å². The molecular weight excluding hydrogens is 394 g/mol. The van der Waals surface area contributed by atoms with Crippen LogP contribution in [0.5, 0.6) is 11.5 Å². The van der Waals surface area contributed by atoms with Gasteiger partial charge in [0.25, 0.3) is 5.91 Å². The van der Waals surface area contributed by atoms with E-state index in [0.717, 1.165) is 12.8 Å². The number of amides is 1. The van der Waals surface area contributed by atoms with Gasteiger partial charge in [0, 0.05) is 5.69 Å². The minimum absolute atomic E-state index is 0.0240. The summed E-state index contributed by atoms with van der Waals surface area (Å²) in [5.41, 5.74) is 0.881. The second kappa shape index (κ2) is 10.6. The lowest BCUT2D eigenvalue weighted by molar-refractivity contribution is -0.131. The molecule has 0 bridgehead atoms. The van der Waals surface area contributed by atoms with E-state index in [0.29, 0.717) is 23.4 Å². The molecule has 0 aliphatic rings. The molecule has 1 N–H and O–H groups in total. The van der Waals surface area contributed by atoms with Crippen molar-refractivity contribution in [3.63, 3.8) is 0 Å². The van der Waals surface area contributed by atoms with E-state index in [2.05, 4.69) is 5.32 Å². The van der Waals surface area contributed by atoms with E-state index in [9.17, 15) is 18.0 Å². The molecule has 2 aromatic rings. The molecule has 0 atom stereocenters. The van der Waals surface area contributed by atoms with Crippen LogP contribution in [0, 0.1) is 0 Å². The summed E-state index contributed by atoms with van der Waals surface area (Å²) in [6, 6.07) is 12.9. The highest BCUT2D eigenvalue weighted by Gasteiger charge is 2.18. The molecule has 0 saturated carbocycles. The van der Waals surface area contributed by atoms with Crippen molar-refractivity contribution in [3.8, 4) is 11.5 Å². The van der Waals surface area contributed by atoms with Crippen LogP contribution in [0.3, 0.4) is 0 Å². The molecule has 0 saturated heterocycles. The molecular formula is C21H25NO6S. The van der Waals surface area contributed by atoms with E-state index in [4.69, 9.17) is 9.47 Å². The Labute approximate surface area is 170 Å². The Morgan fingerprint density at radius 1 is 1.00 bits per heavy atom. The van der Waals surface area contributed by atoms with Crippen LogP contribution in [0.15, 0.2) is 48.5 Å². The minimum atomic E-state index is -3.48. The monoisotopic (exact) mass is 419 g/mol. The number of unbranched alkanes of at least 4 members (excludes halogenated alkanes) is 2. The van der Waals surface area contributed by atoms with Gasteiger partial charge in [0.2, 0.25) is 0 Å². The van der Waals surface area contributed by atoms with Crippen LogP contribution in [0.2, 0.25) is 0 Å². The highest BCUT2D eigenvalue weighted by Crippen LogP contribution is 2.21. The largest absolute Gasteiger partial charge is 0.496 e. The van der Waals surface area contributed by atoms with Gasteiger partial charge >= 0.3 is 5.97 Å². The van der Waals surface area contributed by atoms with Crippen molar-refractivity contribution in [2.75, 3.05) is 23.9 Å². The minimum Gasteiger partial charge on any atom is -0.496 e. The number of carbonyl (C=O) groups excluding carboxylic acids is 2. The predicted octanol–water partition coefficient (Wildman–Crippen LogP) is 3.46. The maximum atomic E-state index is 12.4. The molecule has 0 unspecified atom stereocenters. The Morgan fingerprint density at radius 3 is 2.34 bits per heavy atom. The fourth-order valence-electron chi connectivity index (χ4n) is 2.62. The summed E-state index contributed by atoms with van der Waals surface area (Å²) in [5, 5.41) is 2.73. The summed E-state index contributed by atoms with van der Waals surface area (Å²) in [6.07, 6.45) is 2.24. The number of carbonyl (C=O) groups is 2. The molecule has 29 heavy (non-hydrogen) atoms. The second-order valence-corrected chi connectivity index (χ2v) is 8.64. The van der Waals surface area contributed by atoms with Gasteiger partial charge in [0.1, 0.15) is 17.3 Å². The quantitative estimate of drug-likeness (QED) is 0.360. The summed E-state index contributed by atoms with van der Waals surface area (Å²) in [7, 11) is -1.99. The van der Waals surface area contributed by atoms with Crippen LogP contribution in [-0.2, 0) is 14.6 Å². The number of nitrogens with one attached hydrogen (secondary N) is 1. The van der Waals surface area contributed by atoms with Gasteiger partial charge < -0.3 is 14.8 Å². The van der Waals surface area contributed by atoms with Crippen molar-refractivity contribution in [2.45, 2.75) is 26.2 Å². The summed E-state index contributed by atoms with van der Waals surface area (Å²) >= 11 is 0. The summed E-state index contributed by atoms with van der Waals surface area (Å²) in [4.78, 5) is 24.3. The molecule has 0 aliphatic carbocycles. The van der Waals surface area contributed by atoms with Gasteiger partial charge in [-0.2, -0.15) is 0 Å². The van der Waals surface area contributed by atoms with Crippen LogP contribution in [0.4, 0.5) is 5.69 Å². The number of ether oxygens (including phenoxy) is 2. The fourth-order valence-corrected chi connectivity index (χ4v) is 3.83. The number of rotatable bonds is 10. The van der Waals surface area contributed by atoms with Crippen LogP contribution in [0.1, 0.15) is 36.5 Å². The first-order chi connectivity index (χ1) is 13.8. The van der Waals surface area contributed by atoms with Gasteiger partial charge in [-0.25, -0.2) is 8.42 Å². The molecule has 1 amide bonds. The van der Waals surface area contributed by atoms with Crippen molar-refractivity contribution in [3.05, 3.63) is 54.1 Å². The number of para-hydroxylation sites is 1. The zero-order valence-electron chi connectivity index (χ0n) is 16.5. The van der Waals surface area contributed by atoms with Gasteiger partial charge in [-0.15, -0.1) is 0 Å². The molecule has 2 aromatic carbocycles. The van der Waals surface area contributed by atoms with Crippen molar-refractivity contribution in [1.82, 2.24) is 0 Å². The molecule has 0 spiro atoms. The molecule has 0 aromatic heterocycles. The maximum absolute atomic E-state index is 12.4. The highest BCUT2D eigenvalue weighted by molar-refractivity contribution is 7.92. The lowest BCUT2D eigenvalue weighted by atomic mass is 10.2. The predicted molar refractivity (Wildman–Crippen MR) is 111 cm³/mol. The number of anilines is 1. The lowest BCUT2D eigenvalue weighted by Gasteiger charge is -2.10. The Morgan fingerprint density at radius 2 is 1.69 bits per heavy atom. The standard InChI is InChI=1S/C21H25NO6S/c1-3-4-7-14-29(25,26)15-20(23)28-17-12-10-16(11-13-17)22-21(24)18-8-5-6-9-19(18)27-2/h5-6,8-13H,3-4,7,14-15H2,1-2H3,(H,22,24). The summed E-state index contributed by atoms with van der Waals surface area (Å²) in [5.74, 6) is -1.19. The van der Waals surface area contributed by atoms with Gasteiger partial charge in [-0.05, 0) is 42.8 Å². The Hall–Kier alpha value is -2.87. The van der Waals surface area contributed by atoms with Crippen LogP contribution < -0.4 is 14.8 Å². The molecule has 0 fully saturated rings. The van der Waals surface area contributed by atoms with Crippen LogP contribution in [0.25, 0.3) is 0 Å². The molecule has 8 heteroatoms. The first-order valence-corrected chi connectivity index (χ1v) is 11.1. The van der Waals surface area contributed by atoms with Gasteiger partial charge in [0.05, 0.1) is 18.4 Å². The zero-order chi connectivity index (χ0) is 21.3. The van der Waals surface area contributed by atoms with Gasteiger partial charge in [-0.3, -0.25) is 9.59 Å². The third-order valence-electron chi connectivity index (χ3n) is 4.09. The molecule has 0 heterocycles. The number of methoxy groups -OCH3 is 1. The number of hydrogen-bond acceptors (Lipinski definition) is 6. The summed E-state index contributed by atoms with van der Waals surface area (Å²) < 4.78 is 34.1. The average molecular weight is 419 g/mol. The molecule has 156 valence electrons. The van der Waals surface area contributed by atoms with E-state index < -0.39 is 21.6 Å². The molecule has 0 radical (unpaired) electrons. The van der Waals surface area contributed by atoms with E-state index in [1.165, 1.54) is 19.2 Å². The van der Waals surface area contributed by atoms with E-state index >= 15 is 0 Å². The zero-order valence-corrected chi connectivity index (χ0v) is 17.3. The molecule has 0 aliphatic heterocycles. The summed E-state index contributed by atoms with van der Waals surface area (Å²) in [6.45, 7) is 1.98. The van der Waals surface area contributed by atoms with Crippen molar-refractivity contribution in [1.29, 1.82) is 0 Å². The fraction of sp³-hybridized carbons (Fsp3) is 0.333. The van der Waals surface area contributed by atoms with Crippen molar-refractivity contribution in [2.24, 2.45) is 0 Å². The third-order valence-corrected chi connectivity index (χ3v) is 5.68. The first-order valence-electron chi connectivity index (χ1n) is 9.30. The van der Waals surface area contributed by atoms with E-state index in [1.54, 1.807) is 36.4 Å². The van der Waals surface area contributed by atoms with Crippen LogP contribution >= 0.6 is 0 Å². The molecule has 7 nitrogen and oxygen atoms in total. The lowest BCUT2D eigenvalue weighted by Crippen LogP contribution is -2.23.